The highest BCUT2D eigenvalue weighted by Gasteiger charge is 2.38. The van der Waals surface area contributed by atoms with Crippen molar-refractivity contribution in [2.24, 2.45) is 0 Å². The largest absolute Gasteiger partial charge is 0.461 e. The number of anilines is 1. The van der Waals surface area contributed by atoms with Gasteiger partial charge in [0, 0.05) is 16.8 Å². The lowest BCUT2D eigenvalue weighted by molar-refractivity contribution is 0.0519. The van der Waals surface area contributed by atoms with Gasteiger partial charge in [0.05, 0.1) is 6.61 Å². The fourth-order valence-electron chi connectivity index (χ4n) is 2.43. The van der Waals surface area contributed by atoms with Gasteiger partial charge in [-0.1, -0.05) is 30.3 Å². The summed E-state index contributed by atoms with van der Waals surface area (Å²) in [6.07, 6.45) is 1.11. The van der Waals surface area contributed by atoms with Crippen molar-refractivity contribution in [1.82, 2.24) is 4.98 Å². The normalized spacial score (nSPS) is 20.1. The Labute approximate surface area is 128 Å². The van der Waals surface area contributed by atoms with Gasteiger partial charge in [-0.05, 0) is 25.8 Å². The van der Waals surface area contributed by atoms with Crippen molar-refractivity contribution < 1.29 is 9.53 Å². The lowest BCUT2D eigenvalue weighted by Gasteiger charge is -2.02. The van der Waals surface area contributed by atoms with Gasteiger partial charge in [-0.25, -0.2) is 9.78 Å². The third-order valence-corrected chi connectivity index (χ3v) is 4.49. The Morgan fingerprint density at radius 2 is 2.19 bits per heavy atom. The number of rotatable bonds is 5. The molecular weight excluding hydrogens is 284 g/mol. The highest BCUT2D eigenvalue weighted by Crippen LogP contribution is 2.43. The molecule has 0 radical (unpaired) electrons. The van der Waals surface area contributed by atoms with E-state index < -0.39 is 0 Å². The molecule has 5 heteroatoms. The third kappa shape index (κ3) is 3.08. The molecule has 110 valence electrons. The number of aromatic nitrogens is 1. The van der Waals surface area contributed by atoms with Gasteiger partial charge < -0.3 is 10.1 Å². The lowest BCUT2D eigenvalue weighted by atomic mass is 10.1. The quantitative estimate of drug-likeness (QED) is 0.857. The van der Waals surface area contributed by atoms with Crippen molar-refractivity contribution in [1.29, 1.82) is 0 Å². The molecule has 0 amide bonds. The van der Waals surface area contributed by atoms with Crippen LogP contribution in [0.4, 0.5) is 5.13 Å². The van der Waals surface area contributed by atoms with Crippen LogP contribution in [0, 0.1) is 6.92 Å². The van der Waals surface area contributed by atoms with E-state index in [9.17, 15) is 4.79 Å². The Kier molecular flexibility index (Phi) is 3.92. The van der Waals surface area contributed by atoms with E-state index in [1.54, 1.807) is 6.92 Å². The number of aryl methyl sites for hydroxylation is 1. The van der Waals surface area contributed by atoms with E-state index in [-0.39, 0.29) is 5.97 Å². The number of benzene rings is 1. The molecule has 0 aliphatic heterocycles. The smallest absolute Gasteiger partial charge is 0.358 e. The van der Waals surface area contributed by atoms with Gasteiger partial charge in [0.1, 0.15) is 0 Å². The van der Waals surface area contributed by atoms with E-state index in [1.165, 1.54) is 16.9 Å². The van der Waals surface area contributed by atoms with E-state index in [0.29, 0.717) is 24.3 Å². The number of ether oxygens (including phenoxy) is 1. The van der Waals surface area contributed by atoms with Gasteiger partial charge >= 0.3 is 5.97 Å². The molecule has 2 unspecified atom stereocenters. The number of hydrogen-bond donors (Lipinski definition) is 1. The highest BCUT2D eigenvalue weighted by atomic mass is 32.1. The van der Waals surface area contributed by atoms with Crippen LogP contribution in [-0.2, 0) is 4.74 Å². The second-order valence-electron chi connectivity index (χ2n) is 5.15. The van der Waals surface area contributed by atoms with Crippen molar-refractivity contribution in [3.8, 4) is 0 Å². The van der Waals surface area contributed by atoms with Crippen molar-refractivity contribution in [3.63, 3.8) is 0 Å². The van der Waals surface area contributed by atoms with Crippen molar-refractivity contribution in [2.75, 3.05) is 11.9 Å². The van der Waals surface area contributed by atoms with Crippen LogP contribution in [0.3, 0.4) is 0 Å². The van der Waals surface area contributed by atoms with Crippen LogP contribution in [-0.4, -0.2) is 23.6 Å². The van der Waals surface area contributed by atoms with Crippen LogP contribution in [0.2, 0.25) is 0 Å². The maximum Gasteiger partial charge on any atom is 0.358 e. The topological polar surface area (TPSA) is 51.2 Å². The second-order valence-corrected chi connectivity index (χ2v) is 6.35. The van der Waals surface area contributed by atoms with Crippen molar-refractivity contribution in [2.45, 2.75) is 32.2 Å². The Balaban J connectivity index is 1.65. The first-order valence-corrected chi connectivity index (χ1v) is 7.96. The fraction of sp³-hybridized carbons (Fsp3) is 0.375. The predicted octanol–water partition coefficient (Wildman–Crippen LogP) is 3.60. The van der Waals surface area contributed by atoms with E-state index in [1.807, 2.05) is 13.0 Å². The Morgan fingerprint density at radius 1 is 1.43 bits per heavy atom. The van der Waals surface area contributed by atoms with Crippen LogP contribution < -0.4 is 5.32 Å². The number of thiazole rings is 1. The predicted molar refractivity (Wildman–Crippen MR) is 84.0 cm³/mol. The van der Waals surface area contributed by atoms with Gasteiger partial charge in [-0.3, -0.25) is 0 Å². The first-order chi connectivity index (χ1) is 10.2. The van der Waals surface area contributed by atoms with Gasteiger partial charge in [0.25, 0.3) is 0 Å². The first kappa shape index (κ1) is 14.1. The van der Waals surface area contributed by atoms with Crippen LogP contribution >= 0.6 is 11.3 Å². The summed E-state index contributed by atoms with van der Waals surface area (Å²) in [6.45, 7) is 4.07. The number of carbonyl (C=O) groups is 1. The molecular formula is C16H18N2O2S. The molecule has 1 aromatic carbocycles. The van der Waals surface area contributed by atoms with Crippen molar-refractivity contribution >= 4 is 22.4 Å². The maximum absolute atomic E-state index is 11.8. The third-order valence-electron chi connectivity index (χ3n) is 3.59. The molecule has 1 heterocycles. The monoisotopic (exact) mass is 302 g/mol. The van der Waals surface area contributed by atoms with Crippen LogP contribution in [0.5, 0.6) is 0 Å². The summed E-state index contributed by atoms with van der Waals surface area (Å²) in [5, 5.41) is 4.23. The van der Waals surface area contributed by atoms with Gasteiger partial charge in [0.15, 0.2) is 10.8 Å². The molecule has 2 atom stereocenters. The molecule has 1 fully saturated rings. The minimum absolute atomic E-state index is 0.338. The molecule has 1 aromatic heterocycles. The van der Waals surface area contributed by atoms with E-state index in [0.717, 1.165) is 16.4 Å². The highest BCUT2D eigenvalue weighted by molar-refractivity contribution is 7.15. The maximum atomic E-state index is 11.8. The summed E-state index contributed by atoms with van der Waals surface area (Å²) in [4.78, 5) is 17.0. The molecule has 1 N–H and O–H groups in total. The minimum atomic E-state index is -0.338. The molecule has 1 aliphatic carbocycles. The number of carbonyl (C=O) groups excluding carboxylic acids is 1. The van der Waals surface area contributed by atoms with Gasteiger partial charge in [0.2, 0.25) is 0 Å². The zero-order chi connectivity index (χ0) is 14.8. The molecule has 1 aliphatic rings. The minimum Gasteiger partial charge on any atom is -0.461 e. The molecule has 0 spiro atoms. The molecule has 2 aromatic rings. The van der Waals surface area contributed by atoms with Crippen LogP contribution in [0.25, 0.3) is 0 Å². The van der Waals surface area contributed by atoms with Gasteiger partial charge in [-0.15, -0.1) is 11.3 Å². The Hall–Kier alpha value is -1.88. The van der Waals surface area contributed by atoms with Crippen LogP contribution in [0.15, 0.2) is 30.3 Å². The molecule has 0 bridgehead atoms. The number of hydrogen-bond acceptors (Lipinski definition) is 5. The van der Waals surface area contributed by atoms with Gasteiger partial charge in [-0.2, -0.15) is 0 Å². The van der Waals surface area contributed by atoms with E-state index >= 15 is 0 Å². The lowest BCUT2D eigenvalue weighted by Crippen LogP contribution is -2.08. The van der Waals surface area contributed by atoms with Crippen LogP contribution in [0.1, 0.15) is 40.2 Å². The van der Waals surface area contributed by atoms with E-state index in [2.05, 4.69) is 34.6 Å². The summed E-state index contributed by atoms with van der Waals surface area (Å²) >= 11 is 1.51. The fourth-order valence-corrected chi connectivity index (χ4v) is 3.29. The number of nitrogens with zero attached hydrogens (tertiary/aromatic N) is 1. The average molecular weight is 302 g/mol. The molecule has 4 nitrogen and oxygen atoms in total. The molecule has 3 rings (SSSR count). The Bertz CT molecular complexity index is 639. The summed E-state index contributed by atoms with van der Waals surface area (Å²) in [5.41, 5.74) is 1.79. The Morgan fingerprint density at radius 3 is 2.90 bits per heavy atom. The molecule has 21 heavy (non-hydrogen) atoms. The van der Waals surface area contributed by atoms with E-state index in [4.69, 9.17) is 4.74 Å². The molecule has 0 saturated heterocycles. The number of esters is 1. The number of nitrogens with one attached hydrogen (secondary N) is 1. The molecule has 1 saturated carbocycles. The van der Waals surface area contributed by atoms with Crippen molar-refractivity contribution in [3.05, 3.63) is 46.5 Å². The SMILES string of the molecule is CCOC(=O)c1nc(NC2CC2c2ccccc2)sc1C. The summed E-state index contributed by atoms with van der Waals surface area (Å²) in [5.74, 6) is 0.205. The summed E-state index contributed by atoms with van der Waals surface area (Å²) in [7, 11) is 0. The summed E-state index contributed by atoms with van der Waals surface area (Å²) < 4.78 is 5.01. The summed E-state index contributed by atoms with van der Waals surface area (Å²) in [6, 6.07) is 10.9. The second kappa shape index (κ2) is 5.85. The zero-order valence-electron chi connectivity index (χ0n) is 12.1. The first-order valence-electron chi connectivity index (χ1n) is 7.15. The average Bonchev–Trinajstić information content (AvgIpc) is 3.15. The zero-order valence-corrected chi connectivity index (χ0v) is 12.9. The standard InChI is InChI=1S/C16H18N2O2S/c1-3-20-15(19)14-10(2)21-16(18-14)17-13-9-12(13)11-7-5-4-6-8-11/h4-8,12-13H,3,9H2,1-2H3,(H,17,18).